The number of hydrogen-bond acceptors (Lipinski definition) is 5. The van der Waals surface area contributed by atoms with E-state index in [1.54, 1.807) is 6.20 Å². The van der Waals surface area contributed by atoms with Gasteiger partial charge in [0.05, 0.1) is 12.2 Å². The van der Waals surface area contributed by atoms with Crippen molar-refractivity contribution < 1.29 is 9.84 Å². The van der Waals surface area contributed by atoms with Crippen LogP contribution in [0.5, 0.6) is 0 Å². The van der Waals surface area contributed by atoms with E-state index in [1.807, 2.05) is 6.92 Å². The summed E-state index contributed by atoms with van der Waals surface area (Å²) < 4.78 is 6.92. The molecule has 0 aromatic carbocycles. The number of nitrogens with zero attached hydrogens (tertiary/aromatic N) is 2. The summed E-state index contributed by atoms with van der Waals surface area (Å²) in [5, 5.41) is 9.68. The Morgan fingerprint density at radius 2 is 2.50 bits per heavy atom. The largest absolute Gasteiger partial charge is 0.390 e. The third kappa shape index (κ3) is 1.94. The molecule has 0 spiro atoms. The second-order valence-corrected chi connectivity index (χ2v) is 3.88. The van der Waals surface area contributed by atoms with E-state index in [0.717, 1.165) is 6.42 Å². The van der Waals surface area contributed by atoms with Crippen LogP contribution in [0, 0.1) is 0 Å². The van der Waals surface area contributed by atoms with Crippen molar-refractivity contribution in [1.82, 2.24) is 9.55 Å². The molecule has 1 aromatic heterocycles. The first-order chi connectivity index (χ1) is 7.61. The molecular formula is C10H15N3O3. The zero-order valence-electron chi connectivity index (χ0n) is 9.04. The predicted octanol–water partition coefficient (Wildman–Crippen LogP) is -0.116. The van der Waals surface area contributed by atoms with Gasteiger partial charge in [0, 0.05) is 12.6 Å². The van der Waals surface area contributed by atoms with Gasteiger partial charge in [0.25, 0.3) is 0 Å². The molecule has 2 heterocycles. The standard InChI is InChI=1S/C10H15N3O3/c1-2-7-6(14)5-9(16-7)13-4-3-8(11)12-10(13)15/h3-4,6-7,9,14H,2,5H2,1H3,(H2,11,12,15). The van der Waals surface area contributed by atoms with Crippen molar-refractivity contribution in [2.24, 2.45) is 0 Å². The Morgan fingerprint density at radius 1 is 1.75 bits per heavy atom. The molecule has 0 amide bonds. The Morgan fingerprint density at radius 3 is 3.06 bits per heavy atom. The van der Waals surface area contributed by atoms with Gasteiger partial charge in [0.1, 0.15) is 12.0 Å². The molecule has 1 saturated heterocycles. The highest BCUT2D eigenvalue weighted by Gasteiger charge is 2.34. The first kappa shape index (κ1) is 11.1. The number of nitrogen functional groups attached to an aromatic ring is 1. The summed E-state index contributed by atoms with van der Waals surface area (Å²) in [6.07, 6.45) is 1.48. The van der Waals surface area contributed by atoms with Crippen molar-refractivity contribution in [3.05, 3.63) is 22.7 Å². The van der Waals surface area contributed by atoms with Crippen molar-refractivity contribution in [2.45, 2.75) is 38.2 Å². The first-order valence-corrected chi connectivity index (χ1v) is 5.30. The lowest BCUT2D eigenvalue weighted by Gasteiger charge is -2.14. The summed E-state index contributed by atoms with van der Waals surface area (Å²) in [4.78, 5) is 15.2. The van der Waals surface area contributed by atoms with Crippen LogP contribution < -0.4 is 11.4 Å². The number of nitrogens with two attached hydrogens (primary N) is 1. The molecule has 1 aliphatic rings. The molecule has 1 aliphatic heterocycles. The van der Waals surface area contributed by atoms with Gasteiger partial charge < -0.3 is 15.6 Å². The Balaban J connectivity index is 2.23. The minimum atomic E-state index is -0.528. The number of aliphatic hydroxyl groups is 1. The molecule has 2 rings (SSSR count). The van der Waals surface area contributed by atoms with Crippen molar-refractivity contribution in [2.75, 3.05) is 5.73 Å². The van der Waals surface area contributed by atoms with E-state index in [4.69, 9.17) is 10.5 Å². The van der Waals surface area contributed by atoms with Crippen molar-refractivity contribution in [1.29, 1.82) is 0 Å². The van der Waals surface area contributed by atoms with Gasteiger partial charge in [-0.2, -0.15) is 4.98 Å². The van der Waals surface area contributed by atoms with Crippen LogP contribution in [-0.2, 0) is 4.74 Å². The Kier molecular flexibility index (Phi) is 2.93. The number of aromatic nitrogens is 2. The topological polar surface area (TPSA) is 90.4 Å². The van der Waals surface area contributed by atoms with Crippen LogP contribution in [0.3, 0.4) is 0 Å². The lowest BCUT2D eigenvalue weighted by atomic mass is 10.1. The van der Waals surface area contributed by atoms with Gasteiger partial charge in [0.15, 0.2) is 0 Å². The fourth-order valence-corrected chi connectivity index (χ4v) is 1.90. The molecule has 16 heavy (non-hydrogen) atoms. The number of hydrogen-bond donors (Lipinski definition) is 2. The predicted molar refractivity (Wildman–Crippen MR) is 57.7 cm³/mol. The molecule has 6 nitrogen and oxygen atoms in total. The average molecular weight is 225 g/mol. The molecule has 0 saturated carbocycles. The molecule has 0 bridgehead atoms. The number of ether oxygens (including phenoxy) is 1. The second kappa shape index (κ2) is 4.23. The van der Waals surface area contributed by atoms with Crippen LogP contribution in [0.1, 0.15) is 26.0 Å². The van der Waals surface area contributed by atoms with Gasteiger partial charge in [-0.15, -0.1) is 0 Å². The maximum absolute atomic E-state index is 11.5. The molecular weight excluding hydrogens is 210 g/mol. The monoisotopic (exact) mass is 225 g/mol. The summed E-state index contributed by atoms with van der Waals surface area (Å²) in [6.45, 7) is 1.93. The average Bonchev–Trinajstić information content (AvgIpc) is 2.59. The molecule has 3 unspecified atom stereocenters. The highest BCUT2D eigenvalue weighted by atomic mass is 16.5. The molecule has 3 N–H and O–H groups in total. The van der Waals surface area contributed by atoms with Gasteiger partial charge >= 0.3 is 5.69 Å². The van der Waals surface area contributed by atoms with Gasteiger partial charge in [-0.1, -0.05) is 6.92 Å². The quantitative estimate of drug-likeness (QED) is 0.732. The van der Waals surface area contributed by atoms with Crippen LogP contribution >= 0.6 is 0 Å². The fourth-order valence-electron chi connectivity index (χ4n) is 1.90. The van der Waals surface area contributed by atoms with Gasteiger partial charge in [0.2, 0.25) is 0 Å². The van der Waals surface area contributed by atoms with Crippen molar-refractivity contribution >= 4 is 5.82 Å². The van der Waals surface area contributed by atoms with Crippen molar-refractivity contribution in [3.8, 4) is 0 Å². The number of anilines is 1. The van der Waals surface area contributed by atoms with Crippen LogP contribution in [-0.4, -0.2) is 26.9 Å². The van der Waals surface area contributed by atoms with Crippen LogP contribution in [0.25, 0.3) is 0 Å². The Labute approximate surface area is 92.7 Å². The second-order valence-electron chi connectivity index (χ2n) is 3.88. The molecule has 3 atom stereocenters. The maximum Gasteiger partial charge on any atom is 0.351 e. The lowest BCUT2D eigenvalue weighted by Crippen LogP contribution is -2.27. The lowest BCUT2D eigenvalue weighted by molar-refractivity contribution is -0.0216. The molecule has 0 radical (unpaired) electrons. The third-order valence-electron chi connectivity index (χ3n) is 2.77. The summed E-state index contributed by atoms with van der Waals surface area (Å²) >= 11 is 0. The van der Waals surface area contributed by atoms with E-state index in [9.17, 15) is 9.90 Å². The zero-order chi connectivity index (χ0) is 11.7. The smallest absolute Gasteiger partial charge is 0.351 e. The maximum atomic E-state index is 11.5. The van der Waals surface area contributed by atoms with Crippen LogP contribution in [0.4, 0.5) is 5.82 Å². The molecule has 1 fully saturated rings. The SMILES string of the molecule is CCC1OC(n2ccc(N)nc2=O)CC1O. The van der Waals surface area contributed by atoms with Crippen LogP contribution in [0.15, 0.2) is 17.1 Å². The molecule has 0 aliphatic carbocycles. The number of aliphatic hydroxyl groups excluding tert-OH is 1. The minimum absolute atomic E-state index is 0.187. The normalized spacial score (nSPS) is 29.5. The number of rotatable bonds is 2. The highest BCUT2D eigenvalue weighted by molar-refractivity contribution is 5.23. The highest BCUT2D eigenvalue weighted by Crippen LogP contribution is 2.28. The third-order valence-corrected chi connectivity index (χ3v) is 2.77. The van der Waals surface area contributed by atoms with Crippen LogP contribution in [0.2, 0.25) is 0 Å². The summed E-state index contributed by atoms with van der Waals surface area (Å²) in [5.41, 5.74) is 4.94. The molecule has 1 aromatic rings. The Hall–Kier alpha value is -1.40. The molecule has 88 valence electrons. The fraction of sp³-hybridized carbons (Fsp3) is 0.600. The summed E-state index contributed by atoms with van der Waals surface area (Å²) in [6, 6.07) is 1.54. The first-order valence-electron chi connectivity index (χ1n) is 5.30. The van der Waals surface area contributed by atoms with Crippen molar-refractivity contribution in [3.63, 3.8) is 0 Å². The zero-order valence-corrected chi connectivity index (χ0v) is 9.04. The van der Waals surface area contributed by atoms with E-state index in [0.29, 0.717) is 6.42 Å². The minimum Gasteiger partial charge on any atom is -0.390 e. The molecule has 6 heteroatoms. The van der Waals surface area contributed by atoms with Gasteiger partial charge in [-0.25, -0.2) is 4.79 Å². The summed E-state index contributed by atoms with van der Waals surface area (Å²) in [7, 11) is 0. The summed E-state index contributed by atoms with van der Waals surface area (Å²) in [5.74, 6) is 0.187. The van der Waals surface area contributed by atoms with E-state index < -0.39 is 18.0 Å². The van der Waals surface area contributed by atoms with E-state index in [2.05, 4.69) is 4.98 Å². The van der Waals surface area contributed by atoms with E-state index in [-0.39, 0.29) is 11.9 Å². The Bertz CT molecular complexity index is 432. The van der Waals surface area contributed by atoms with Gasteiger partial charge in [-0.3, -0.25) is 4.57 Å². The van der Waals surface area contributed by atoms with Gasteiger partial charge in [-0.05, 0) is 12.5 Å². The van der Waals surface area contributed by atoms with E-state index in [1.165, 1.54) is 10.6 Å². The van der Waals surface area contributed by atoms with E-state index >= 15 is 0 Å².